The summed E-state index contributed by atoms with van der Waals surface area (Å²) in [6, 6.07) is 6.72. The van der Waals surface area contributed by atoms with E-state index >= 15 is 0 Å². The van der Waals surface area contributed by atoms with Gasteiger partial charge in [-0.25, -0.2) is 0 Å². The monoisotopic (exact) mass is 293 g/mol. The van der Waals surface area contributed by atoms with Crippen molar-refractivity contribution >= 4 is 11.6 Å². The van der Waals surface area contributed by atoms with E-state index in [1.807, 2.05) is 6.07 Å². The smallest absolute Gasteiger partial charge is 0.0588 e. The zero-order valence-electron chi connectivity index (χ0n) is 12.4. The van der Waals surface area contributed by atoms with Crippen LogP contribution >= 0.6 is 11.6 Å². The lowest BCUT2D eigenvalue weighted by Gasteiger charge is -2.29. The zero-order valence-corrected chi connectivity index (χ0v) is 13.2. The summed E-state index contributed by atoms with van der Waals surface area (Å²) in [4.78, 5) is 0. The van der Waals surface area contributed by atoms with Gasteiger partial charge in [0.15, 0.2) is 0 Å². The molecule has 1 aliphatic carbocycles. The average molecular weight is 294 g/mol. The van der Waals surface area contributed by atoms with E-state index in [9.17, 15) is 0 Å². The zero-order chi connectivity index (χ0) is 14.2. The Morgan fingerprint density at radius 2 is 2.25 bits per heavy atom. The van der Waals surface area contributed by atoms with Gasteiger partial charge in [-0.2, -0.15) is 0 Å². The SMILES string of the molecule is CC1(C)Cc2ccc(Cl)cc2C1NCCC1CCCO1. The molecule has 0 amide bonds. The highest BCUT2D eigenvalue weighted by molar-refractivity contribution is 6.30. The molecule has 2 atom stereocenters. The van der Waals surface area contributed by atoms with Crippen molar-refractivity contribution < 1.29 is 4.74 Å². The lowest BCUT2D eigenvalue weighted by atomic mass is 9.85. The predicted octanol–water partition coefficient (Wildman–Crippen LogP) is 4.12. The summed E-state index contributed by atoms with van der Waals surface area (Å²) in [5, 5.41) is 4.58. The van der Waals surface area contributed by atoms with Gasteiger partial charge in [0.25, 0.3) is 0 Å². The van der Waals surface area contributed by atoms with Gasteiger partial charge in [-0.05, 0) is 60.9 Å². The summed E-state index contributed by atoms with van der Waals surface area (Å²) in [5.41, 5.74) is 3.08. The lowest BCUT2D eigenvalue weighted by molar-refractivity contribution is 0.102. The quantitative estimate of drug-likeness (QED) is 0.901. The molecule has 3 heteroatoms. The molecule has 1 aromatic rings. The Kier molecular flexibility index (Phi) is 4.07. The fourth-order valence-corrected chi connectivity index (χ4v) is 3.84. The van der Waals surface area contributed by atoms with Gasteiger partial charge in [-0.3, -0.25) is 0 Å². The van der Waals surface area contributed by atoms with Gasteiger partial charge in [-0.1, -0.05) is 31.5 Å². The molecule has 2 nitrogen and oxygen atoms in total. The Morgan fingerprint density at radius 3 is 3.00 bits per heavy atom. The standard InChI is InChI=1S/C17H24ClNO/c1-17(2)11-12-5-6-13(18)10-15(12)16(17)19-8-7-14-4-3-9-20-14/h5-6,10,14,16,19H,3-4,7-9,11H2,1-2H3. The third-order valence-corrected chi connectivity index (χ3v) is 4.92. The first kappa shape index (κ1) is 14.4. The fourth-order valence-electron chi connectivity index (χ4n) is 3.66. The predicted molar refractivity (Wildman–Crippen MR) is 83.3 cm³/mol. The first-order chi connectivity index (χ1) is 9.56. The van der Waals surface area contributed by atoms with E-state index in [0.29, 0.717) is 12.1 Å². The molecule has 110 valence electrons. The van der Waals surface area contributed by atoms with Crippen molar-refractivity contribution in [2.45, 2.75) is 51.7 Å². The maximum atomic E-state index is 6.17. The molecule has 0 aromatic heterocycles. The highest BCUT2D eigenvalue weighted by Gasteiger charge is 2.38. The summed E-state index contributed by atoms with van der Waals surface area (Å²) in [6.45, 7) is 6.64. The molecule has 2 unspecified atom stereocenters. The summed E-state index contributed by atoms with van der Waals surface area (Å²) >= 11 is 6.17. The maximum Gasteiger partial charge on any atom is 0.0588 e. The van der Waals surface area contributed by atoms with E-state index in [1.165, 1.54) is 24.0 Å². The molecule has 20 heavy (non-hydrogen) atoms. The molecule has 1 aliphatic heterocycles. The molecule has 2 aliphatic rings. The van der Waals surface area contributed by atoms with Crippen LogP contribution < -0.4 is 5.32 Å². The van der Waals surface area contributed by atoms with Crippen LogP contribution in [0.3, 0.4) is 0 Å². The first-order valence-electron chi connectivity index (χ1n) is 7.69. The van der Waals surface area contributed by atoms with Crippen LogP contribution in [0.25, 0.3) is 0 Å². The molecule has 1 saturated heterocycles. The number of ether oxygens (including phenoxy) is 1. The van der Waals surface area contributed by atoms with Gasteiger partial charge in [0.2, 0.25) is 0 Å². The average Bonchev–Trinajstić information content (AvgIpc) is 2.97. The molecule has 1 aromatic carbocycles. The number of nitrogens with one attached hydrogen (secondary N) is 1. The fraction of sp³-hybridized carbons (Fsp3) is 0.647. The second-order valence-corrected chi connectivity index (χ2v) is 7.26. The van der Waals surface area contributed by atoms with Crippen molar-refractivity contribution in [3.05, 3.63) is 34.3 Å². The first-order valence-corrected chi connectivity index (χ1v) is 8.07. The third kappa shape index (κ3) is 2.88. The molecule has 1 N–H and O–H groups in total. The van der Waals surface area contributed by atoms with Crippen LogP contribution in [0.15, 0.2) is 18.2 Å². The van der Waals surface area contributed by atoms with Gasteiger partial charge in [0.05, 0.1) is 6.10 Å². The van der Waals surface area contributed by atoms with Gasteiger partial charge in [0, 0.05) is 17.7 Å². The van der Waals surface area contributed by atoms with Gasteiger partial charge in [-0.15, -0.1) is 0 Å². The lowest BCUT2D eigenvalue weighted by Crippen LogP contribution is -2.33. The van der Waals surface area contributed by atoms with Crippen LogP contribution in [0.4, 0.5) is 0 Å². The molecule has 3 rings (SSSR count). The van der Waals surface area contributed by atoms with Crippen molar-refractivity contribution in [3.63, 3.8) is 0 Å². The third-order valence-electron chi connectivity index (χ3n) is 4.69. The molecule has 1 fully saturated rings. The Hall–Kier alpha value is -0.570. The highest BCUT2D eigenvalue weighted by atomic mass is 35.5. The minimum absolute atomic E-state index is 0.254. The molecular formula is C17H24ClNO. The van der Waals surface area contributed by atoms with Crippen molar-refractivity contribution in [1.29, 1.82) is 0 Å². The van der Waals surface area contributed by atoms with Crippen molar-refractivity contribution in [3.8, 4) is 0 Å². The number of benzene rings is 1. The molecule has 1 heterocycles. The minimum Gasteiger partial charge on any atom is -0.378 e. The van der Waals surface area contributed by atoms with E-state index in [0.717, 1.165) is 31.0 Å². The largest absolute Gasteiger partial charge is 0.378 e. The van der Waals surface area contributed by atoms with E-state index in [-0.39, 0.29) is 5.41 Å². The van der Waals surface area contributed by atoms with Crippen molar-refractivity contribution in [2.24, 2.45) is 5.41 Å². The molecular weight excluding hydrogens is 270 g/mol. The highest BCUT2D eigenvalue weighted by Crippen LogP contribution is 2.45. The number of hydrogen-bond donors (Lipinski definition) is 1. The van der Waals surface area contributed by atoms with E-state index in [2.05, 4.69) is 31.3 Å². The number of rotatable bonds is 4. The van der Waals surface area contributed by atoms with Gasteiger partial charge < -0.3 is 10.1 Å². The van der Waals surface area contributed by atoms with Gasteiger partial charge in [0.1, 0.15) is 0 Å². The normalized spacial score (nSPS) is 27.8. The van der Waals surface area contributed by atoms with Crippen molar-refractivity contribution in [1.82, 2.24) is 5.32 Å². The Bertz CT molecular complexity index is 480. The van der Waals surface area contributed by atoms with Crippen molar-refractivity contribution in [2.75, 3.05) is 13.2 Å². The van der Waals surface area contributed by atoms with Crippen LogP contribution in [0, 0.1) is 5.41 Å². The van der Waals surface area contributed by atoms with Crippen LogP contribution in [0.5, 0.6) is 0 Å². The summed E-state index contributed by atoms with van der Waals surface area (Å²) in [7, 11) is 0. The topological polar surface area (TPSA) is 21.3 Å². The molecule has 0 radical (unpaired) electrons. The summed E-state index contributed by atoms with van der Waals surface area (Å²) in [6.07, 6.45) is 5.14. The van der Waals surface area contributed by atoms with Crippen LogP contribution in [-0.4, -0.2) is 19.3 Å². The minimum atomic E-state index is 0.254. The number of hydrogen-bond acceptors (Lipinski definition) is 2. The Balaban J connectivity index is 1.66. The van der Waals surface area contributed by atoms with E-state index < -0.39 is 0 Å². The van der Waals surface area contributed by atoms with Crippen LogP contribution in [-0.2, 0) is 11.2 Å². The molecule has 0 saturated carbocycles. The van der Waals surface area contributed by atoms with E-state index in [4.69, 9.17) is 16.3 Å². The van der Waals surface area contributed by atoms with Crippen LogP contribution in [0.2, 0.25) is 5.02 Å². The molecule has 0 spiro atoms. The Labute approximate surface area is 126 Å². The van der Waals surface area contributed by atoms with Gasteiger partial charge >= 0.3 is 0 Å². The molecule has 0 bridgehead atoms. The summed E-state index contributed by atoms with van der Waals surface area (Å²) in [5.74, 6) is 0. The second kappa shape index (κ2) is 5.67. The van der Waals surface area contributed by atoms with Crippen LogP contribution in [0.1, 0.15) is 50.3 Å². The maximum absolute atomic E-state index is 6.17. The van der Waals surface area contributed by atoms with E-state index in [1.54, 1.807) is 0 Å². The number of fused-ring (bicyclic) bond motifs is 1. The Morgan fingerprint density at radius 1 is 1.40 bits per heavy atom. The number of halogens is 1. The summed E-state index contributed by atoms with van der Waals surface area (Å²) < 4.78 is 5.70. The second-order valence-electron chi connectivity index (χ2n) is 6.82.